The van der Waals surface area contributed by atoms with Crippen molar-refractivity contribution in [1.82, 2.24) is 0 Å². The van der Waals surface area contributed by atoms with Crippen LogP contribution >= 0.6 is 0 Å². The van der Waals surface area contributed by atoms with Crippen molar-refractivity contribution in [2.75, 3.05) is 4.90 Å². The molecule has 0 saturated heterocycles. The first kappa shape index (κ1) is 31.1. The SMILES string of the molecule is CC(C)(C)c1ccc(N(c2ccc(-c3cccc4c3C(C)(C)c3ccccc3-4)cc2)c2ccc3c(c2)C2(CCCCC2)c2ccccc2-3)cc1. The highest BCUT2D eigenvalue weighted by atomic mass is 15.1. The van der Waals surface area contributed by atoms with Crippen molar-refractivity contribution in [2.45, 2.75) is 83.0 Å². The van der Waals surface area contributed by atoms with Crippen molar-refractivity contribution >= 4 is 17.1 Å². The van der Waals surface area contributed by atoms with Gasteiger partial charge in [0.15, 0.2) is 0 Å². The predicted octanol–water partition coefficient (Wildman–Crippen LogP) is 13.7. The molecular weight excluding hydrogens is 603 g/mol. The summed E-state index contributed by atoms with van der Waals surface area (Å²) in [5.74, 6) is 0. The van der Waals surface area contributed by atoms with E-state index in [4.69, 9.17) is 0 Å². The zero-order chi connectivity index (χ0) is 34.3. The molecule has 0 heterocycles. The summed E-state index contributed by atoms with van der Waals surface area (Å²) in [5, 5.41) is 0. The lowest BCUT2D eigenvalue weighted by Crippen LogP contribution is -2.28. The second-order valence-electron chi connectivity index (χ2n) is 16.5. The summed E-state index contributed by atoms with van der Waals surface area (Å²) in [7, 11) is 0. The van der Waals surface area contributed by atoms with Gasteiger partial charge in [0.2, 0.25) is 0 Å². The number of hydrogen-bond acceptors (Lipinski definition) is 1. The fourth-order valence-electron chi connectivity index (χ4n) is 9.71. The molecule has 0 aromatic heterocycles. The van der Waals surface area contributed by atoms with Crippen molar-refractivity contribution in [3.8, 4) is 33.4 Å². The Balaban J connectivity index is 1.17. The molecular formula is C49H47N. The summed E-state index contributed by atoms with van der Waals surface area (Å²) in [5.41, 5.74) is 19.2. The van der Waals surface area contributed by atoms with Crippen LogP contribution in [0.2, 0.25) is 0 Å². The van der Waals surface area contributed by atoms with Crippen molar-refractivity contribution in [3.05, 3.63) is 161 Å². The Hall–Kier alpha value is -4.88. The van der Waals surface area contributed by atoms with Gasteiger partial charge in [0, 0.05) is 27.9 Å². The molecule has 0 unspecified atom stereocenters. The fourth-order valence-corrected chi connectivity index (χ4v) is 9.71. The van der Waals surface area contributed by atoms with Crippen molar-refractivity contribution in [1.29, 1.82) is 0 Å². The van der Waals surface area contributed by atoms with E-state index in [0.717, 1.165) is 0 Å². The number of hydrogen-bond donors (Lipinski definition) is 0. The molecule has 6 aromatic rings. The van der Waals surface area contributed by atoms with E-state index >= 15 is 0 Å². The molecule has 3 aliphatic rings. The highest BCUT2D eigenvalue weighted by Gasteiger charge is 2.44. The van der Waals surface area contributed by atoms with Gasteiger partial charge in [0.25, 0.3) is 0 Å². The van der Waals surface area contributed by atoms with Crippen LogP contribution in [0.4, 0.5) is 17.1 Å². The van der Waals surface area contributed by atoms with Gasteiger partial charge in [-0.1, -0.05) is 151 Å². The average molecular weight is 650 g/mol. The van der Waals surface area contributed by atoms with Crippen molar-refractivity contribution < 1.29 is 0 Å². The van der Waals surface area contributed by atoms with Gasteiger partial charge in [-0.25, -0.2) is 0 Å². The van der Waals surface area contributed by atoms with E-state index in [1.54, 1.807) is 0 Å². The molecule has 50 heavy (non-hydrogen) atoms. The van der Waals surface area contributed by atoms with Gasteiger partial charge in [-0.2, -0.15) is 0 Å². The first-order valence-corrected chi connectivity index (χ1v) is 18.7. The quantitative estimate of drug-likeness (QED) is 0.184. The lowest BCUT2D eigenvalue weighted by atomic mass is 9.68. The van der Waals surface area contributed by atoms with E-state index in [2.05, 4.69) is 173 Å². The highest BCUT2D eigenvalue weighted by Crippen LogP contribution is 2.57. The van der Waals surface area contributed by atoms with Gasteiger partial charge in [-0.05, 0) is 116 Å². The minimum absolute atomic E-state index is 0.0565. The molecule has 1 spiro atoms. The molecule has 0 atom stereocenters. The maximum Gasteiger partial charge on any atom is 0.0465 e. The molecule has 3 aliphatic carbocycles. The molecule has 0 amide bonds. The van der Waals surface area contributed by atoms with Gasteiger partial charge < -0.3 is 4.90 Å². The summed E-state index contributed by atoms with van der Waals surface area (Å²) in [6.07, 6.45) is 6.39. The summed E-state index contributed by atoms with van der Waals surface area (Å²) in [6, 6.07) is 50.9. The summed E-state index contributed by atoms with van der Waals surface area (Å²) < 4.78 is 0. The number of benzene rings is 6. The highest BCUT2D eigenvalue weighted by molar-refractivity contribution is 5.90. The number of fused-ring (bicyclic) bond motifs is 8. The Morgan fingerprint density at radius 2 is 1.02 bits per heavy atom. The molecule has 0 bridgehead atoms. The van der Waals surface area contributed by atoms with Crippen LogP contribution in [-0.2, 0) is 16.2 Å². The minimum atomic E-state index is -0.0565. The molecule has 1 nitrogen and oxygen atoms in total. The lowest BCUT2D eigenvalue weighted by molar-refractivity contribution is 0.353. The second kappa shape index (κ2) is 11.3. The third-order valence-electron chi connectivity index (χ3n) is 12.2. The first-order valence-electron chi connectivity index (χ1n) is 18.7. The Morgan fingerprint density at radius 1 is 0.480 bits per heavy atom. The zero-order valence-corrected chi connectivity index (χ0v) is 30.2. The van der Waals surface area contributed by atoms with Crippen LogP contribution in [0.3, 0.4) is 0 Å². The van der Waals surface area contributed by atoms with E-state index in [9.17, 15) is 0 Å². The molecule has 6 aromatic carbocycles. The van der Waals surface area contributed by atoms with Gasteiger partial charge in [0.05, 0.1) is 0 Å². The van der Waals surface area contributed by atoms with Gasteiger partial charge in [-0.15, -0.1) is 0 Å². The largest absolute Gasteiger partial charge is 0.310 e. The van der Waals surface area contributed by atoms with Crippen LogP contribution in [0, 0.1) is 0 Å². The molecule has 248 valence electrons. The van der Waals surface area contributed by atoms with Gasteiger partial charge in [-0.3, -0.25) is 0 Å². The van der Waals surface area contributed by atoms with E-state index < -0.39 is 0 Å². The molecule has 1 heteroatoms. The predicted molar refractivity (Wildman–Crippen MR) is 212 cm³/mol. The number of anilines is 3. The van der Waals surface area contributed by atoms with E-state index in [0.29, 0.717) is 0 Å². The Morgan fingerprint density at radius 3 is 1.70 bits per heavy atom. The summed E-state index contributed by atoms with van der Waals surface area (Å²) in [6.45, 7) is 11.6. The molecule has 0 N–H and O–H groups in total. The topological polar surface area (TPSA) is 3.24 Å². The fraction of sp³-hybridized carbons (Fsp3) is 0.265. The summed E-state index contributed by atoms with van der Waals surface area (Å²) >= 11 is 0. The Kier molecular flexibility index (Phi) is 7.05. The second-order valence-corrected chi connectivity index (χ2v) is 16.5. The number of rotatable bonds is 4. The average Bonchev–Trinajstić information content (AvgIpc) is 3.54. The maximum atomic E-state index is 2.54. The van der Waals surface area contributed by atoms with Crippen molar-refractivity contribution in [3.63, 3.8) is 0 Å². The molecule has 1 saturated carbocycles. The van der Waals surface area contributed by atoms with Gasteiger partial charge in [0.1, 0.15) is 0 Å². The smallest absolute Gasteiger partial charge is 0.0465 e. The van der Waals surface area contributed by atoms with E-state index in [-0.39, 0.29) is 16.2 Å². The maximum absolute atomic E-state index is 2.54. The first-order chi connectivity index (χ1) is 24.2. The van der Waals surface area contributed by atoms with Crippen LogP contribution in [-0.4, -0.2) is 0 Å². The molecule has 0 aliphatic heterocycles. The normalized spacial score (nSPS) is 16.4. The third kappa shape index (κ3) is 4.66. The summed E-state index contributed by atoms with van der Waals surface area (Å²) in [4.78, 5) is 2.48. The molecule has 1 fully saturated rings. The Bertz CT molecular complexity index is 2240. The molecule has 0 radical (unpaired) electrons. The van der Waals surface area contributed by atoms with Crippen LogP contribution in [0.15, 0.2) is 133 Å². The monoisotopic (exact) mass is 649 g/mol. The van der Waals surface area contributed by atoms with Crippen molar-refractivity contribution in [2.24, 2.45) is 0 Å². The zero-order valence-electron chi connectivity index (χ0n) is 30.2. The lowest BCUT2D eigenvalue weighted by Gasteiger charge is -2.36. The van der Waals surface area contributed by atoms with Crippen LogP contribution < -0.4 is 4.90 Å². The minimum Gasteiger partial charge on any atom is -0.310 e. The van der Waals surface area contributed by atoms with Crippen LogP contribution in [0.5, 0.6) is 0 Å². The van der Waals surface area contributed by atoms with E-state index in [1.807, 2.05) is 0 Å². The van der Waals surface area contributed by atoms with E-state index in [1.165, 1.54) is 110 Å². The molecule has 9 rings (SSSR count). The Labute approximate surface area is 298 Å². The van der Waals surface area contributed by atoms with Gasteiger partial charge >= 0.3 is 0 Å². The third-order valence-corrected chi connectivity index (χ3v) is 12.2. The standard InChI is InChI=1S/C49H47N/c1-47(2,3)34-22-26-36(27-23-34)50(37-28-29-41-39-14-8-10-19-44(39)49(45(41)32-37)30-11-6-12-31-49)35-24-20-33(21-25-35)38-16-13-17-42-40-15-7-9-18-43(40)48(4,5)46(38)42/h7-10,13-29,32H,6,11-12,30-31H2,1-5H3. The van der Waals surface area contributed by atoms with Crippen LogP contribution in [0.1, 0.15) is 94.5 Å². The number of nitrogens with zero attached hydrogens (tertiary/aromatic N) is 1. The van der Waals surface area contributed by atoms with Crippen LogP contribution in [0.25, 0.3) is 33.4 Å².